The molecule has 2 aromatic rings. The van der Waals surface area contributed by atoms with E-state index < -0.39 is 0 Å². The number of anilines is 1. The van der Waals surface area contributed by atoms with Crippen molar-refractivity contribution in [2.45, 2.75) is 19.1 Å². The quantitative estimate of drug-likeness (QED) is 0.884. The predicted molar refractivity (Wildman–Crippen MR) is 91.7 cm³/mol. The number of amides is 1. The molecule has 23 heavy (non-hydrogen) atoms. The standard InChI is InChI=1S/C15H17ClN4O2.ClH/c1-10-14(17-6-8-22-10)15(21)19-11-3-4-13(12(16)9-11)20-7-2-5-18-20;/h2-5,7,9-10,14,17H,6,8H2,1H3,(H,19,21);1H/t10-,14+;/m1./s1. The summed E-state index contributed by atoms with van der Waals surface area (Å²) in [5.74, 6) is -0.130. The van der Waals surface area contributed by atoms with E-state index in [9.17, 15) is 4.79 Å². The smallest absolute Gasteiger partial charge is 0.244 e. The number of morpholine rings is 1. The van der Waals surface area contributed by atoms with Crippen LogP contribution >= 0.6 is 24.0 Å². The van der Waals surface area contributed by atoms with Crippen molar-refractivity contribution >= 4 is 35.6 Å². The summed E-state index contributed by atoms with van der Waals surface area (Å²) in [6.07, 6.45) is 3.33. The van der Waals surface area contributed by atoms with Gasteiger partial charge in [0.1, 0.15) is 6.04 Å². The Morgan fingerprint density at radius 2 is 2.35 bits per heavy atom. The number of halogens is 2. The molecule has 8 heteroatoms. The first-order valence-electron chi connectivity index (χ1n) is 7.10. The second-order valence-electron chi connectivity index (χ2n) is 5.11. The molecule has 124 valence electrons. The topological polar surface area (TPSA) is 68.2 Å². The molecule has 0 radical (unpaired) electrons. The lowest BCUT2D eigenvalue weighted by atomic mass is 10.1. The van der Waals surface area contributed by atoms with Crippen LogP contribution in [0.2, 0.25) is 5.02 Å². The van der Waals surface area contributed by atoms with Gasteiger partial charge >= 0.3 is 0 Å². The molecular weight excluding hydrogens is 339 g/mol. The maximum atomic E-state index is 12.3. The van der Waals surface area contributed by atoms with Crippen molar-refractivity contribution in [1.82, 2.24) is 15.1 Å². The first-order valence-corrected chi connectivity index (χ1v) is 7.48. The van der Waals surface area contributed by atoms with Crippen molar-refractivity contribution < 1.29 is 9.53 Å². The third-order valence-electron chi connectivity index (χ3n) is 3.57. The molecule has 1 aliphatic heterocycles. The van der Waals surface area contributed by atoms with Crippen molar-refractivity contribution in [2.75, 3.05) is 18.5 Å². The second-order valence-corrected chi connectivity index (χ2v) is 5.52. The van der Waals surface area contributed by atoms with E-state index in [0.717, 1.165) is 5.69 Å². The van der Waals surface area contributed by atoms with E-state index in [1.807, 2.05) is 25.3 Å². The number of carbonyl (C=O) groups excluding carboxylic acids is 1. The van der Waals surface area contributed by atoms with Crippen molar-refractivity contribution in [2.24, 2.45) is 0 Å². The minimum Gasteiger partial charge on any atom is -0.375 e. The molecule has 2 N–H and O–H groups in total. The van der Waals surface area contributed by atoms with Crippen LogP contribution in [0.3, 0.4) is 0 Å². The molecule has 1 amide bonds. The number of rotatable bonds is 3. The summed E-state index contributed by atoms with van der Waals surface area (Å²) in [6.45, 7) is 3.17. The molecular formula is C15H18Cl2N4O2. The van der Waals surface area contributed by atoms with E-state index in [1.54, 1.807) is 23.0 Å². The first kappa shape index (κ1) is 17.7. The Bertz CT molecular complexity index is 664. The summed E-state index contributed by atoms with van der Waals surface area (Å²) in [5, 5.41) is 10.7. The van der Waals surface area contributed by atoms with Crippen LogP contribution in [0.1, 0.15) is 6.92 Å². The molecule has 0 spiro atoms. The molecule has 1 aromatic carbocycles. The van der Waals surface area contributed by atoms with Gasteiger partial charge in [0.15, 0.2) is 0 Å². The van der Waals surface area contributed by atoms with Crippen LogP contribution < -0.4 is 10.6 Å². The van der Waals surface area contributed by atoms with E-state index in [1.165, 1.54) is 0 Å². The van der Waals surface area contributed by atoms with Crippen LogP contribution in [-0.2, 0) is 9.53 Å². The Morgan fingerprint density at radius 1 is 1.52 bits per heavy atom. The maximum Gasteiger partial charge on any atom is 0.244 e. The Kier molecular flexibility index (Phi) is 6.01. The number of hydrogen-bond donors (Lipinski definition) is 2. The normalized spacial score (nSPS) is 20.6. The fraction of sp³-hybridized carbons (Fsp3) is 0.333. The molecule has 0 saturated carbocycles. The molecule has 2 heterocycles. The van der Waals surface area contributed by atoms with Crippen molar-refractivity contribution in [1.29, 1.82) is 0 Å². The van der Waals surface area contributed by atoms with E-state index in [0.29, 0.717) is 23.9 Å². The molecule has 2 atom stereocenters. The van der Waals surface area contributed by atoms with Gasteiger partial charge in [-0.1, -0.05) is 11.6 Å². The Morgan fingerprint density at radius 3 is 3.00 bits per heavy atom. The summed E-state index contributed by atoms with van der Waals surface area (Å²) in [4.78, 5) is 12.3. The largest absolute Gasteiger partial charge is 0.375 e. The molecule has 0 bridgehead atoms. The fourth-order valence-electron chi connectivity index (χ4n) is 2.43. The minimum atomic E-state index is -0.363. The van der Waals surface area contributed by atoms with Gasteiger partial charge in [-0.05, 0) is 31.2 Å². The van der Waals surface area contributed by atoms with Gasteiger partial charge in [0.2, 0.25) is 5.91 Å². The minimum absolute atomic E-state index is 0. The lowest BCUT2D eigenvalue weighted by Crippen LogP contribution is -2.53. The van der Waals surface area contributed by atoms with Crippen molar-refractivity contribution in [3.63, 3.8) is 0 Å². The lowest BCUT2D eigenvalue weighted by Gasteiger charge is -2.29. The molecule has 6 nitrogen and oxygen atoms in total. The SMILES string of the molecule is C[C@H]1OCCN[C@@H]1C(=O)Nc1ccc(-n2cccn2)c(Cl)c1.Cl. The third kappa shape index (κ3) is 4.03. The monoisotopic (exact) mass is 356 g/mol. The highest BCUT2D eigenvalue weighted by atomic mass is 35.5. The zero-order valence-corrected chi connectivity index (χ0v) is 14.1. The average molecular weight is 357 g/mol. The van der Waals surface area contributed by atoms with Crippen LogP contribution in [0, 0.1) is 0 Å². The van der Waals surface area contributed by atoms with Gasteiger partial charge < -0.3 is 15.4 Å². The van der Waals surface area contributed by atoms with Gasteiger partial charge in [-0.15, -0.1) is 12.4 Å². The van der Waals surface area contributed by atoms with Crippen LogP contribution in [0.15, 0.2) is 36.7 Å². The molecule has 1 aromatic heterocycles. The predicted octanol–water partition coefficient (Wildman–Crippen LogP) is 2.26. The Labute approximate surface area is 145 Å². The zero-order chi connectivity index (χ0) is 15.5. The van der Waals surface area contributed by atoms with Crippen LogP contribution in [0.4, 0.5) is 5.69 Å². The van der Waals surface area contributed by atoms with Crippen LogP contribution in [0.5, 0.6) is 0 Å². The van der Waals surface area contributed by atoms with Gasteiger partial charge in [-0.3, -0.25) is 4.79 Å². The van der Waals surface area contributed by atoms with E-state index in [2.05, 4.69) is 15.7 Å². The van der Waals surface area contributed by atoms with Crippen molar-refractivity contribution in [3.8, 4) is 5.69 Å². The molecule has 0 unspecified atom stereocenters. The number of ether oxygens (including phenoxy) is 1. The van der Waals surface area contributed by atoms with Crippen LogP contribution in [-0.4, -0.2) is 41.0 Å². The number of benzene rings is 1. The summed E-state index contributed by atoms with van der Waals surface area (Å²) < 4.78 is 7.15. The summed E-state index contributed by atoms with van der Waals surface area (Å²) in [6, 6.07) is 6.79. The number of aromatic nitrogens is 2. The summed E-state index contributed by atoms with van der Waals surface area (Å²) in [5.41, 5.74) is 1.41. The van der Waals surface area contributed by atoms with Gasteiger partial charge in [0.05, 0.1) is 23.4 Å². The number of nitrogens with one attached hydrogen (secondary N) is 2. The van der Waals surface area contributed by atoms with Gasteiger partial charge in [-0.25, -0.2) is 4.68 Å². The number of nitrogens with zero attached hydrogens (tertiary/aromatic N) is 2. The molecule has 3 rings (SSSR count). The molecule has 1 saturated heterocycles. The number of hydrogen-bond acceptors (Lipinski definition) is 4. The molecule has 0 aliphatic carbocycles. The van der Waals surface area contributed by atoms with Gasteiger partial charge in [0, 0.05) is 24.6 Å². The van der Waals surface area contributed by atoms with Crippen LogP contribution in [0.25, 0.3) is 5.69 Å². The van der Waals surface area contributed by atoms with Crippen molar-refractivity contribution in [3.05, 3.63) is 41.7 Å². The number of carbonyl (C=O) groups is 1. The molecule has 1 aliphatic rings. The summed E-state index contributed by atoms with van der Waals surface area (Å²) in [7, 11) is 0. The second kappa shape index (κ2) is 7.79. The van der Waals surface area contributed by atoms with Gasteiger partial charge in [-0.2, -0.15) is 5.10 Å². The third-order valence-corrected chi connectivity index (χ3v) is 3.87. The van der Waals surface area contributed by atoms with Gasteiger partial charge in [0.25, 0.3) is 0 Å². The highest BCUT2D eigenvalue weighted by molar-refractivity contribution is 6.32. The zero-order valence-electron chi connectivity index (χ0n) is 12.5. The van der Waals surface area contributed by atoms with E-state index in [-0.39, 0.29) is 30.5 Å². The fourth-order valence-corrected chi connectivity index (χ4v) is 2.70. The maximum absolute atomic E-state index is 12.3. The average Bonchev–Trinajstić information content (AvgIpc) is 3.01. The Balaban J connectivity index is 0.00000192. The van der Waals surface area contributed by atoms with E-state index in [4.69, 9.17) is 16.3 Å². The lowest BCUT2D eigenvalue weighted by molar-refractivity contribution is -0.123. The summed E-state index contributed by atoms with van der Waals surface area (Å²) >= 11 is 6.27. The highest BCUT2D eigenvalue weighted by Gasteiger charge is 2.28. The first-order chi connectivity index (χ1) is 10.6. The molecule has 1 fully saturated rings. The highest BCUT2D eigenvalue weighted by Crippen LogP contribution is 2.24. The van der Waals surface area contributed by atoms with E-state index >= 15 is 0 Å². The Hall–Kier alpha value is -1.60.